The first-order valence-electron chi connectivity index (χ1n) is 8.97. The molecule has 7 nitrogen and oxygen atoms in total. The van der Waals surface area contributed by atoms with Crippen molar-refractivity contribution < 1.29 is 17.6 Å². The van der Waals surface area contributed by atoms with Crippen LogP contribution in [0, 0.1) is 5.82 Å². The molecule has 0 saturated heterocycles. The molecule has 0 spiro atoms. The Morgan fingerprint density at radius 1 is 1.14 bits per heavy atom. The fraction of sp³-hybridized carbons (Fsp3) is 0.250. The molecule has 0 bridgehead atoms. The van der Waals surface area contributed by atoms with Crippen LogP contribution in [0.3, 0.4) is 0 Å². The summed E-state index contributed by atoms with van der Waals surface area (Å²) in [5.74, 6) is -1.13. The molecule has 0 radical (unpaired) electrons. The highest BCUT2D eigenvalue weighted by molar-refractivity contribution is 7.91. The fourth-order valence-corrected chi connectivity index (χ4v) is 4.07. The second-order valence-electron chi connectivity index (χ2n) is 6.63. The highest BCUT2D eigenvalue weighted by Gasteiger charge is 2.21. The maximum Gasteiger partial charge on any atom is 0.223 e. The summed E-state index contributed by atoms with van der Waals surface area (Å²) in [5, 5.41) is 4.06. The van der Waals surface area contributed by atoms with Gasteiger partial charge in [-0.25, -0.2) is 22.5 Å². The van der Waals surface area contributed by atoms with Crippen LogP contribution in [0.4, 0.5) is 4.39 Å². The van der Waals surface area contributed by atoms with Gasteiger partial charge in [0.1, 0.15) is 18.5 Å². The molecule has 1 aromatic heterocycles. The van der Waals surface area contributed by atoms with E-state index in [0.717, 1.165) is 23.4 Å². The molecular weight excluding hydrogens is 395 g/mol. The zero-order valence-electron chi connectivity index (χ0n) is 16.1. The van der Waals surface area contributed by atoms with Crippen molar-refractivity contribution >= 4 is 15.7 Å². The van der Waals surface area contributed by atoms with Crippen LogP contribution in [-0.4, -0.2) is 46.8 Å². The van der Waals surface area contributed by atoms with Crippen LogP contribution >= 0.6 is 0 Å². The summed E-state index contributed by atoms with van der Waals surface area (Å²) in [5.41, 5.74) is 1.75. The van der Waals surface area contributed by atoms with E-state index in [1.165, 1.54) is 23.4 Å². The number of carbonyl (C=O) groups is 1. The van der Waals surface area contributed by atoms with Gasteiger partial charge in [-0.1, -0.05) is 12.1 Å². The number of amides is 1. The minimum absolute atomic E-state index is 0.00565. The van der Waals surface area contributed by atoms with Crippen LogP contribution in [0.15, 0.2) is 66.1 Å². The molecule has 1 heterocycles. The first-order chi connectivity index (χ1) is 13.8. The van der Waals surface area contributed by atoms with Crippen LogP contribution in [-0.2, 0) is 14.6 Å². The van der Waals surface area contributed by atoms with Gasteiger partial charge in [-0.15, -0.1) is 0 Å². The Morgan fingerprint density at radius 3 is 2.38 bits per heavy atom. The molecule has 0 aliphatic rings. The predicted octanol–water partition coefficient (Wildman–Crippen LogP) is 2.79. The Morgan fingerprint density at radius 2 is 1.79 bits per heavy atom. The summed E-state index contributed by atoms with van der Waals surface area (Å²) in [6.45, 7) is 1.87. The molecule has 3 aromatic rings. The maximum atomic E-state index is 13.0. The van der Waals surface area contributed by atoms with E-state index in [1.807, 2.05) is 31.2 Å². The van der Waals surface area contributed by atoms with E-state index in [4.69, 9.17) is 0 Å². The zero-order chi connectivity index (χ0) is 21.0. The average Bonchev–Trinajstić information content (AvgIpc) is 3.26. The fourth-order valence-electron chi connectivity index (χ4n) is 2.84. The number of carbonyl (C=O) groups excluding carboxylic acids is 1. The maximum absolute atomic E-state index is 13.0. The van der Waals surface area contributed by atoms with Crippen LogP contribution < -0.4 is 0 Å². The van der Waals surface area contributed by atoms with E-state index >= 15 is 0 Å². The van der Waals surface area contributed by atoms with Gasteiger partial charge in [0.25, 0.3) is 0 Å². The molecule has 0 fully saturated rings. The Labute approximate surface area is 168 Å². The van der Waals surface area contributed by atoms with Crippen molar-refractivity contribution in [1.29, 1.82) is 0 Å². The molecule has 3 rings (SSSR count). The lowest BCUT2D eigenvalue weighted by atomic mass is 10.1. The van der Waals surface area contributed by atoms with E-state index in [2.05, 4.69) is 10.1 Å². The molecule has 9 heteroatoms. The second-order valence-corrected chi connectivity index (χ2v) is 8.74. The van der Waals surface area contributed by atoms with Crippen molar-refractivity contribution in [2.45, 2.75) is 24.3 Å². The van der Waals surface area contributed by atoms with E-state index in [-0.39, 0.29) is 29.0 Å². The molecule has 0 aliphatic carbocycles. The average molecular weight is 416 g/mol. The first-order valence-corrected chi connectivity index (χ1v) is 10.6. The third-order valence-electron chi connectivity index (χ3n) is 4.79. The Kier molecular flexibility index (Phi) is 6.07. The summed E-state index contributed by atoms with van der Waals surface area (Å²) in [4.78, 5) is 18.0. The van der Waals surface area contributed by atoms with Crippen molar-refractivity contribution in [2.24, 2.45) is 0 Å². The van der Waals surface area contributed by atoms with Gasteiger partial charge in [-0.3, -0.25) is 4.79 Å². The number of hydrogen-bond acceptors (Lipinski definition) is 5. The minimum atomic E-state index is -3.66. The van der Waals surface area contributed by atoms with Crippen molar-refractivity contribution in [1.82, 2.24) is 19.7 Å². The summed E-state index contributed by atoms with van der Waals surface area (Å²) >= 11 is 0. The van der Waals surface area contributed by atoms with Gasteiger partial charge in [0.15, 0.2) is 9.84 Å². The Hall–Kier alpha value is -3.07. The van der Waals surface area contributed by atoms with Gasteiger partial charge in [0.2, 0.25) is 5.91 Å². The van der Waals surface area contributed by atoms with Crippen LogP contribution in [0.2, 0.25) is 0 Å². The number of hydrogen-bond donors (Lipinski definition) is 0. The van der Waals surface area contributed by atoms with Crippen LogP contribution in [0.5, 0.6) is 0 Å². The largest absolute Gasteiger partial charge is 0.339 e. The third-order valence-corrected chi connectivity index (χ3v) is 6.52. The topological polar surface area (TPSA) is 85.2 Å². The van der Waals surface area contributed by atoms with E-state index in [9.17, 15) is 17.6 Å². The molecule has 2 aromatic carbocycles. The van der Waals surface area contributed by atoms with Gasteiger partial charge in [-0.2, -0.15) is 5.10 Å². The molecule has 0 saturated carbocycles. The van der Waals surface area contributed by atoms with Gasteiger partial charge in [0.05, 0.1) is 22.4 Å². The SMILES string of the molecule is C[C@H](c1ccc(-n2cncn2)cc1)N(C)C(=O)CCS(=O)(=O)c1ccc(F)cc1. The molecule has 0 aliphatic heterocycles. The van der Waals surface area contributed by atoms with Crippen LogP contribution in [0.25, 0.3) is 5.69 Å². The number of nitrogens with zero attached hydrogens (tertiary/aromatic N) is 4. The van der Waals surface area contributed by atoms with Crippen molar-refractivity contribution in [3.63, 3.8) is 0 Å². The normalized spacial score (nSPS) is 12.5. The van der Waals surface area contributed by atoms with Crippen molar-refractivity contribution in [3.8, 4) is 5.69 Å². The number of rotatable bonds is 7. The number of halogens is 1. The smallest absolute Gasteiger partial charge is 0.223 e. The van der Waals surface area contributed by atoms with Gasteiger partial charge < -0.3 is 4.90 Å². The highest BCUT2D eigenvalue weighted by Crippen LogP contribution is 2.21. The van der Waals surface area contributed by atoms with Crippen LogP contribution in [0.1, 0.15) is 24.9 Å². The quantitative estimate of drug-likeness (QED) is 0.553. The zero-order valence-corrected chi connectivity index (χ0v) is 16.9. The molecular formula is C20H21FN4O3S. The summed E-state index contributed by atoms with van der Waals surface area (Å²) in [7, 11) is -2.01. The summed E-state index contributed by atoms with van der Waals surface area (Å²) in [6.07, 6.45) is 2.89. The molecule has 0 unspecified atom stereocenters. The van der Waals surface area contributed by atoms with Gasteiger partial charge in [-0.05, 0) is 48.9 Å². The Balaban J connectivity index is 1.62. The molecule has 29 heavy (non-hydrogen) atoms. The van der Waals surface area contributed by atoms with Crippen molar-refractivity contribution in [2.75, 3.05) is 12.8 Å². The van der Waals surface area contributed by atoms with Gasteiger partial charge in [0, 0.05) is 13.5 Å². The van der Waals surface area contributed by atoms with Crippen molar-refractivity contribution in [3.05, 3.63) is 72.6 Å². The lowest BCUT2D eigenvalue weighted by Crippen LogP contribution is -2.31. The monoisotopic (exact) mass is 416 g/mol. The lowest BCUT2D eigenvalue weighted by Gasteiger charge is -2.25. The molecule has 152 valence electrons. The summed E-state index contributed by atoms with van der Waals surface area (Å²) < 4.78 is 39.3. The molecule has 0 N–H and O–H groups in total. The minimum Gasteiger partial charge on any atom is -0.339 e. The van der Waals surface area contributed by atoms with E-state index in [1.54, 1.807) is 18.1 Å². The highest BCUT2D eigenvalue weighted by atomic mass is 32.2. The van der Waals surface area contributed by atoms with E-state index in [0.29, 0.717) is 0 Å². The van der Waals surface area contributed by atoms with E-state index < -0.39 is 15.7 Å². The number of aromatic nitrogens is 3. The summed E-state index contributed by atoms with van der Waals surface area (Å²) in [6, 6.07) is 11.9. The third kappa shape index (κ3) is 4.86. The Bertz CT molecular complexity index is 1070. The number of sulfone groups is 1. The second kappa shape index (κ2) is 8.52. The first kappa shape index (κ1) is 20.7. The lowest BCUT2D eigenvalue weighted by molar-refractivity contribution is -0.131. The number of benzene rings is 2. The molecule has 1 amide bonds. The predicted molar refractivity (Wildman–Crippen MR) is 106 cm³/mol. The standard InChI is InChI=1S/C20H21FN4O3S/c1-15(16-3-7-18(8-4-16)25-14-22-13-23-25)24(2)20(26)11-12-29(27,28)19-9-5-17(21)6-10-19/h3-10,13-15H,11-12H2,1-2H3/t15-/m1/s1. The molecule has 1 atom stereocenters. The van der Waals surface area contributed by atoms with Gasteiger partial charge >= 0.3 is 0 Å².